The van der Waals surface area contributed by atoms with E-state index in [1.165, 1.54) is 6.33 Å². The Bertz CT molecular complexity index is 1100. The predicted molar refractivity (Wildman–Crippen MR) is 99.7 cm³/mol. The zero-order chi connectivity index (χ0) is 17.6. The molecule has 0 aliphatic rings. The molecule has 7 heteroatoms. The fraction of sp³-hybridized carbons (Fsp3) is 0.167. The molecule has 5 N–H and O–H groups in total. The summed E-state index contributed by atoms with van der Waals surface area (Å²) < 4.78 is 1.97. The molecule has 0 atom stereocenters. The van der Waals surface area contributed by atoms with Crippen molar-refractivity contribution in [2.24, 2.45) is 5.73 Å². The summed E-state index contributed by atoms with van der Waals surface area (Å²) in [6, 6.07) is 6.26. The van der Waals surface area contributed by atoms with Crippen molar-refractivity contribution < 1.29 is 0 Å². The Morgan fingerprint density at radius 3 is 2.88 bits per heavy atom. The highest BCUT2D eigenvalue weighted by Gasteiger charge is 2.14. The molecule has 0 spiro atoms. The maximum absolute atomic E-state index is 5.89. The summed E-state index contributed by atoms with van der Waals surface area (Å²) in [5.41, 5.74) is 18.3. The van der Waals surface area contributed by atoms with Gasteiger partial charge in [-0.25, -0.2) is 15.0 Å². The lowest BCUT2D eigenvalue weighted by Gasteiger charge is -2.12. The number of fused-ring (bicyclic) bond motifs is 2. The third-order valence-electron chi connectivity index (χ3n) is 4.40. The summed E-state index contributed by atoms with van der Waals surface area (Å²) in [7, 11) is 0. The average molecular weight is 333 g/mol. The van der Waals surface area contributed by atoms with Crippen LogP contribution in [-0.2, 0) is 13.1 Å². The van der Waals surface area contributed by atoms with E-state index in [1.54, 1.807) is 6.33 Å². The molecule has 0 amide bonds. The summed E-state index contributed by atoms with van der Waals surface area (Å²) in [6.07, 6.45) is 3.20. The summed E-state index contributed by atoms with van der Waals surface area (Å²) in [5.74, 6) is 0.382. The Balaban J connectivity index is 1.92. The molecular formula is C18H19N7. The van der Waals surface area contributed by atoms with Crippen molar-refractivity contribution in [1.82, 2.24) is 24.5 Å². The molecule has 25 heavy (non-hydrogen) atoms. The van der Waals surface area contributed by atoms with Gasteiger partial charge in [-0.05, 0) is 18.6 Å². The summed E-state index contributed by atoms with van der Waals surface area (Å²) in [6.45, 7) is 7.18. The monoisotopic (exact) mass is 333 g/mol. The van der Waals surface area contributed by atoms with Crippen LogP contribution in [0.15, 0.2) is 37.4 Å². The molecule has 0 aliphatic heterocycles. The van der Waals surface area contributed by atoms with E-state index in [1.807, 2.05) is 11.5 Å². The van der Waals surface area contributed by atoms with Crippen molar-refractivity contribution in [2.75, 3.05) is 5.73 Å². The predicted octanol–water partition coefficient (Wildman–Crippen LogP) is 2.43. The number of hydrogen-bond donors (Lipinski definition) is 3. The number of hydrogen-bond acceptors (Lipinski definition) is 5. The van der Waals surface area contributed by atoms with E-state index >= 15 is 0 Å². The van der Waals surface area contributed by atoms with Gasteiger partial charge in [0.25, 0.3) is 0 Å². The number of nitrogens with one attached hydrogen (secondary N) is 1. The van der Waals surface area contributed by atoms with E-state index in [-0.39, 0.29) is 0 Å². The van der Waals surface area contributed by atoms with Gasteiger partial charge in [0.05, 0.1) is 18.4 Å². The third kappa shape index (κ3) is 2.45. The molecule has 3 aromatic heterocycles. The second-order valence-electron chi connectivity index (χ2n) is 6.14. The minimum atomic E-state index is 0.382. The largest absolute Gasteiger partial charge is 0.382 e. The van der Waals surface area contributed by atoms with Crippen LogP contribution in [-0.4, -0.2) is 24.5 Å². The summed E-state index contributed by atoms with van der Waals surface area (Å²) in [5, 5.41) is 1.12. The van der Waals surface area contributed by atoms with Crippen LogP contribution in [0.4, 0.5) is 5.82 Å². The van der Waals surface area contributed by atoms with E-state index in [9.17, 15) is 0 Å². The van der Waals surface area contributed by atoms with Gasteiger partial charge < -0.3 is 21.0 Å². The van der Waals surface area contributed by atoms with E-state index in [4.69, 9.17) is 11.5 Å². The molecule has 0 radical (unpaired) electrons. The van der Waals surface area contributed by atoms with E-state index in [2.05, 4.69) is 44.7 Å². The molecule has 0 fully saturated rings. The molecule has 0 bridgehead atoms. The number of benzene rings is 1. The number of aromatic amines is 1. The van der Waals surface area contributed by atoms with Crippen molar-refractivity contribution >= 4 is 33.5 Å². The lowest BCUT2D eigenvalue weighted by molar-refractivity contribution is 0.814. The van der Waals surface area contributed by atoms with Crippen LogP contribution in [0.25, 0.3) is 27.6 Å². The highest BCUT2D eigenvalue weighted by atomic mass is 15.1. The van der Waals surface area contributed by atoms with Crippen molar-refractivity contribution in [3.05, 3.63) is 54.3 Å². The number of allylic oxidation sites excluding steroid dienone is 1. The van der Waals surface area contributed by atoms with Crippen LogP contribution in [0.1, 0.15) is 23.7 Å². The zero-order valence-electron chi connectivity index (χ0n) is 14.0. The second kappa shape index (κ2) is 5.71. The number of imidazole rings is 1. The molecule has 126 valence electrons. The summed E-state index contributed by atoms with van der Waals surface area (Å²) in [4.78, 5) is 16.1. The Hall–Kier alpha value is -3.19. The smallest absolute Gasteiger partial charge is 0.165 e. The number of rotatable bonds is 4. The molecule has 1 aromatic carbocycles. The number of nitrogen functional groups attached to an aromatic ring is 1. The topological polar surface area (TPSA) is 111 Å². The Morgan fingerprint density at radius 2 is 2.12 bits per heavy atom. The van der Waals surface area contributed by atoms with Gasteiger partial charge in [-0.15, -0.1) is 0 Å². The van der Waals surface area contributed by atoms with Crippen LogP contribution >= 0.6 is 0 Å². The van der Waals surface area contributed by atoms with E-state index in [0.29, 0.717) is 30.1 Å². The molecule has 4 rings (SSSR count). The Labute approximate surface area is 144 Å². The highest BCUT2D eigenvalue weighted by molar-refractivity contribution is 5.89. The standard InChI is InChI=1S/C18H19N7/c1-10(2)13-4-3-11-5-12(6-19)24-15(11)14(13)7-25-9-23-16-17(20)21-8-22-18(16)25/h3-5,8-9,24H,1,6-7,19H2,2H3,(H2,20,21,22). The molecule has 4 aromatic rings. The molecular weight excluding hydrogens is 314 g/mol. The molecule has 3 heterocycles. The molecule has 0 unspecified atom stereocenters. The van der Waals surface area contributed by atoms with Gasteiger partial charge in [-0.1, -0.05) is 24.3 Å². The first-order chi connectivity index (χ1) is 12.1. The first-order valence-electron chi connectivity index (χ1n) is 7.99. The van der Waals surface area contributed by atoms with Crippen molar-refractivity contribution in [2.45, 2.75) is 20.0 Å². The van der Waals surface area contributed by atoms with Gasteiger partial charge in [-0.3, -0.25) is 0 Å². The van der Waals surface area contributed by atoms with Crippen molar-refractivity contribution in [3.8, 4) is 0 Å². The average Bonchev–Trinajstić information content (AvgIpc) is 3.20. The van der Waals surface area contributed by atoms with Crippen LogP contribution in [0, 0.1) is 0 Å². The SMILES string of the molecule is C=C(C)c1ccc2cc(CN)[nH]c2c1Cn1cnc2c(N)ncnc21. The molecule has 0 saturated heterocycles. The van der Waals surface area contributed by atoms with Crippen LogP contribution in [0.2, 0.25) is 0 Å². The van der Waals surface area contributed by atoms with Crippen molar-refractivity contribution in [3.63, 3.8) is 0 Å². The number of anilines is 1. The van der Waals surface area contributed by atoms with Crippen molar-refractivity contribution in [1.29, 1.82) is 0 Å². The number of H-pyrrole nitrogens is 1. The Kier molecular flexibility index (Phi) is 3.51. The quantitative estimate of drug-likeness (QED) is 0.531. The van der Waals surface area contributed by atoms with Crippen LogP contribution in [0.3, 0.4) is 0 Å². The fourth-order valence-electron chi connectivity index (χ4n) is 3.18. The van der Waals surface area contributed by atoms with Crippen LogP contribution < -0.4 is 11.5 Å². The van der Waals surface area contributed by atoms with Gasteiger partial charge in [0.1, 0.15) is 11.8 Å². The van der Waals surface area contributed by atoms with E-state index < -0.39 is 0 Å². The number of nitrogens with zero attached hydrogens (tertiary/aromatic N) is 4. The van der Waals surface area contributed by atoms with Gasteiger partial charge >= 0.3 is 0 Å². The first-order valence-corrected chi connectivity index (χ1v) is 7.99. The highest BCUT2D eigenvalue weighted by Crippen LogP contribution is 2.28. The lowest BCUT2D eigenvalue weighted by Crippen LogP contribution is -2.04. The Morgan fingerprint density at radius 1 is 1.28 bits per heavy atom. The normalized spacial score (nSPS) is 11.4. The molecule has 0 aliphatic carbocycles. The van der Waals surface area contributed by atoms with Gasteiger partial charge in [-0.2, -0.15) is 0 Å². The maximum atomic E-state index is 5.89. The maximum Gasteiger partial charge on any atom is 0.165 e. The number of aromatic nitrogens is 5. The van der Waals surface area contributed by atoms with Gasteiger partial charge in [0.15, 0.2) is 11.5 Å². The van der Waals surface area contributed by atoms with Gasteiger partial charge in [0, 0.05) is 23.2 Å². The first kappa shape index (κ1) is 15.3. The minimum absolute atomic E-state index is 0.382. The number of nitrogens with two attached hydrogens (primary N) is 2. The summed E-state index contributed by atoms with van der Waals surface area (Å²) >= 11 is 0. The van der Waals surface area contributed by atoms with Gasteiger partial charge in [0.2, 0.25) is 0 Å². The van der Waals surface area contributed by atoms with Crippen LogP contribution in [0.5, 0.6) is 0 Å². The molecule has 0 saturated carbocycles. The fourth-order valence-corrected chi connectivity index (χ4v) is 3.18. The minimum Gasteiger partial charge on any atom is -0.382 e. The zero-order valence-corrected chi connectivity index (χ0v) is 14.0. The third-order valence-corrected chi connectivity index (χ3v) is 4.40. The second-order valence-corrected chi connectivity index (χ2v) is 6.14. The molecule has 7 nitrogen and oxygen atoms in total. The van der Waals surface area contributed by atoms with E-state index in [0.717, 1.165) is 33.3 Å². The lowest BCUT2D eigenvalue weighted by atomic mass is 9.99.